The summed E-state index contributed by atoms with van der Waals surface area (Å²) < 4.78 is 4.14. The van der Waals surface area contributed by atoms with Crippen LogP contribution in [0.25, 0.3) is 0 Å². The SMILES string of the molecule is C=CC(=O)OC.NC(=O)CCC(=O)NO. The van der Waals surface area contributed by atoms with E-state index >= 15 is 0 Å². The summed E-state index contributed by atoms with van der Waals surface area (Å²) in [5, 5.41) is 7.90. The summed E-state index contributed by atoms with van der Waals surface area (Å²) >= 11 is 0. The average molecular weight is 218 g/mol. The van der Waals surface area contributed by atoms with Crippen LogP contribution in [0.4, 0.5) is 0 Å². The first-order chi connectivity index (χ1) is 6.97. The van der Waals surface area contributed by atoms with Gasteiger partial charge in [0.2, 0.25) is 11.8 Å². The summed E-state index contributed by atoms with van der Waals surface area (Å²) in [7, 11) is 1.31. The third kappa shape index (κ3) is 14.9. The number of nitrogens with two attached hydrogens (primary N) is 1. The van der Waals surface area contributed by atoms with Gasteiger partial charge in [-0.25, -0.2) is 10.3 Å². The van der Waals surface area contributed by atoms with Gasteiger partial charge in [0.25, 0.3) is 0 Å². The Hall–Kier alpha value is -1.89. The highest BCUT2D eigenvalue weighted by Gasteiger charge is 2.00. The molecule has 0 aromatic rings. The van der Waals surface area contributed by atoms with Crippen molar-refractivity contribution in [2.75, 3.05) is 7.11 Å². The van der Waals surface area contributed by atoms with Gasteiger partial charge in [0.15, 0.2) is 0 Å². The summed E-state index contributed by atoms with van der Waals surface area (Å²) in [6.07, 6.45) is 1.01. The van der Waals surface area contributed by atoms with Gasteiger partial charge in [0.05, 0.1) is 7.11 Å². The largest absolute Gasteiger partial charge is 0.466 e. The van der Waals surface area contributed by atoms with Gasteiger partial charge in [-0.15, -0.1) is 0 Å². The number of carbonyl (C=O) groups excluding carboxylic acids is 3. The van der Waals surface area contributed by atoms with Gasteiger partial charge in [-0.3, -0.25) is 14.8 Å². The minimum atomic E-state index is -0.603. The number of hydrogen-bond donors (Lipinski definition) is 3. The minimum Gasteiger partial charge on any atom is -0.466 e. The van der Waals surface area contributed by atoms with E-state index in [9.17, 15) is 14.4 Å². The summed E-state index contributed by atoms with van der Waals surface area (Å²) in [6.45, 7) is 3.16. The summed E-state index contributed by atoms with van der Waals surface area (Å²) in [4.78, 5) is 30.0. The fourth-order valence-electron chi connectivity index (χ4n) is 0.376. The molecule has 0 aromatic heterocycles. The molecule has 0 saturated heterocycles. The van der Waals surface area contributed by atoms with Crippen molar-refractivity contribution in [3.8, 4) is 0 Å². The van der Waals surface area contributed by atoms with Crippen LogP contribution < -0.4 is 11.2 Å². The smallest absolute Gasteiger partial charge is 0.329 e. The van der Waals surface area contributed by atoms with Crippen molar-refractivity contribution in [1.82, 2.24) is 5.48 Å². The van der Waals surface area contributed by atoms with Crippen LogP contribution in [0.3, 0.4) is 0 Å². The molecule has 0 rings (SSSR count). The maximum Gasteiger partial charge on any atom is 0.329 e. The monoisotopic (exact) mass is 218 g/mol. The molecule has 0 fully saturated rings. The van der Waals surface area contributed by atoms with Gasteiger partial charge < -0.3 is 10.5 Å². The van der Waals surface area contributed by atoms with Crippen molar-refractivity contribution >= 4 is 17.8 Å². The first-order valence-corrected chi connectivity index (χ1v) is 3.89. The molecular formula is C8H14N2O5. The minimum absolute atomic E-state index is 0.0353. The third-order valence-corrected chi connectivity index (χ3v) is 1.09. The Labute approximate surface area is 86.8 Å². The molecule has 0 atom stereocenters. The van der Waals surface area contributed by atoms with Crippen molar-refractivity contribution in [3.63, 3.8) is 0 Å². The van der Waals surface area contributed by atoms with E-state index in [0.717, 1.165) is 6.08 Å². The van der Waals surface area contributed by atoms with Crippen LogP contribution in [-0.4, -0.2) is 30.1 Å². The molecule has 0 aliphatic heterocycles. The Morgan fingerprint density at radius 1 is 1.47 bits per heavy atom. The molecule has 0 saturated carbocycles. The summed E-state index contributed by atoms with van der Waals surface area (Å²) in [6, 6.07) is 0. The van der Waals surface area contributed by atoms with E-state index in [-0.39, 0.29) is 12.8 Å². The molecule has 15 heavy (non-hydrogen) atoms. The Morgan fingerprint density at radius 2 is 2.00 bits per heavy atom. The van der Waals surface area contributed by atoms with E-state index in [1.807, 2.05) is 0 Å². The Balaban J connectivity index is 0. The Morgan fingerprint density at radius 3 is 2.20 bits per heavy atom. The quantitative estimate of drug-likeness (QED) is 0.244. The van der Waals surface area contributed by atoms with Gasteiger partial charge >= 0.3 is 5.97 Å². The first-order valence-electron chi connectivity index (χ1n) is 3.89. The number of amides is 2. The van der Waals surface area contributed by atoms with Crippen molar-refractivity contribution < 1.29 is 24.3 Å². The van der Waals surface area contributed by atoms with E-state index < -0.39 is 17.8 Å². The maximum atomic E-state index is 10.1. The van der Waals surface area contributed by atoms with Crippen LogP contribution in [0.1, 0.15) is 12.8 Å². The van der Waals surface area contributed by atoms with Gasteiger partial charge in [-0.2, -0.15) is 0 Å². The molecule has 0 radical (unpaired) electrons. The number of nitrogens with one attached hydrogen (secondary N) is 1. The standard InChI is InChI=1S/C4H8N2O3.C4H6O2/c5-3(7)1-2-4(8)6-9;1-3-4(5)6-2/h9H,1-2H2,(H2,5,7)(H,6,8);3H,1H2,2H3. The van der Waals surface area contributed by atoms with Gasteiger partial charge in [0.1, 0.15) is 0 Å². The van der Waals surface area contributed by atoms with E-state index in [1.165, 1.54) is 12.6 Å². The van der Waals surface area contributed by atoms with Crippen molar-refractivity contribution in [1.29, 1.82) is 0 Å². The predicted octanol–water partition coefficient (Wildman–Crippen LogP) is -0.897. The lowest BCUT2D eigenvalue weighted by molar-refractivity contribution is -0.134. The number of rotatable bonds is 4. The molecule has 0 unspecified atom stereocenters. The van der Waals surface area contributed by atoms with Gasteiger partial charge in [0, 0.05) is 18.9 Å². The molecule has 0 spiro atoms. The zero-order valence-corrected chi connectivity index (χ0v) is 8.36. The van der Waals surface area contributed by atoms with Gasteiger partial charge in [-0.1, -0.05) is 6.58 Å². The number of hydroxylamine groups is 1. The Bertz CT molecular complexity index is 239. The Kier molecular flexibility index (Phi) is 10.6. The van der Waals surface area contributed by atoms with Crippen LogP contribution in [-0.2, 0) is 19.1 Å². The molecule has 0 aromatic carbocycles. The summed E-state index contributed by atoms with van der Waals surface area (Å²) in [5.74, 6) is -1.55. The second kappa shape index (κ2) is 10.2. The molecular weight excluding hydrogens is 204 g/mol. The highest BCUT2D eigenvalue weighted by atomic mass is 16.5. The van der Waals surface area contributed by atoms with E-state index in [2.05, 4.69) is 11.3 Å². The van der Waals surface area contributed by atoms with E-state index in [1.54, 1.807) is 0 Å². The second-order valence-electron chi connectivity index (χ2n) is 2.23. The zero-order chi connectivity index (χ0) is 12.3. The maximum absolute atomic E-state index is 10.1. The first kappa shape index (κ1) is 15.6. The second-order valence-corrected chi connectivity index (χ2v) is 2.23. The lowest BCUT2D eigenvalue weighted by Gasteiger charge is -1.92. The van der Waals surface area contributed by atoms with Gasteiger partial charge in [-0.05, 0) is 0 Å². The normalized spacial score (nSPS) is 7.87. The van der Waals surface area contributed by atoms with Crippen LogP contribution in [0.15, 0.2) is 12.7 Å². The van der Waals surface area contributed by atoms with Crippen molar-refractivity contribution in [2.45, 2.75) is 12.8 Å². The number of carbonyl (C=O) groups is 3. The fourth-order valence-corrected chi connectivity index (χ4v) is 0.376. The molecule has 86 valence electrons. The molecule has 2 amide bonds. The van der Waals surface area contributed by atoms with Crippen LogP contribution >= 0.6 is 0 Å². The molecule has 0 bridgehead atoms. The number of hydrogen-bond acceptors (Lipinski definition) is 5. The average Bonchev–Trinajstić information content (AvgIpc) is 2.25. The number of esters is 1. The molecule has 0 aliphatic rings. The van der Waals surface area contributed by atoms with Crippen molar-refractivity contribution in [2.24, 2.45) is 5.73 Å². The van der Waals surface area contributed by atoms with Crippen LogP contribution in [0.5, 0.6) is 0 Å². The fraction of sp³-hybridized carbons (Fsp3) is 0.375. The lowest BCUT2D eigenvalue weighted by atomic mass is 10.3. The van der Waals surface area contributed by atoms with Crippen LogP contribution in [0.2, 0.25) is 0 Å². The third-order valence-electron chi connectivity index (χ3n) is 1.09. The highest BCUT2D eigenvalue weighted by Crippen LogP contribution is 1.84. The number of ether oxygens (including phenoxy) is 1. The number of primary amides is 1. The van der Waals surface area contributed by atoms with E-state index in [0.29, 0.717) is 0 Å². The molecule has 0 heterocycles. The molecule has 0 aliphatic carbocycles. The van der Waals surface area contributed by atoms with E-state index in [4.69, 9.17) is 10.9 Å². The number of methoxy groups -OCH3 is 1. The predicted molar refractivity (Wildman–Crippen MR) is 50.6 cm³/mol. The topological polar surface area (TPSA) is 119 Å². The molecule has 7 heteroatoms. The lowest BCUT2D eigenvalue weighted by Crippen LogP contribution is -2.21. The highest BCUT2D eigenvalue weighted by molar-refractivity contribution is 5.82. The summed E-state index contributed by atoms with van der Waals surface area (Å²) in [5.41, 5.74) is 6.07. The molecule has 4 N–H and O–H groups in total. The molecule has 7 nitrogen and oxygen atoms in total. The van der Waals surface area contributed by atoms with Crippen LogP contribution in [0, 0.1) is 0 Å². The van der Waals surface area contributed by atoms with Crippen molar-refractivity contribution in [3.05, 3.63) is 12.7 Å². The zero-order valence-electron chi connectivity index (χ0n) is 8.36.